The molecule has 4 aromatic rings. The Balaban J connectivity index is 1.95. The fourth-order valence-corrected chi connectivity index (χ4v) is 3.40. The third-order valence-electron chi connectivity index (χ3n) is 4.82. The van der Waals surface area contributed by atoms with Crippen LogP contribution in [0.25, 0.3) is 28.0 Å². The molecule has 0 aliphatic heterocycles. The van der Waals surface area contributed by atoms with E-state index >= 15 is 0 Å². The van der Waals surface area contributed by atoms with Crippen LogP contribution < -0.4 is 18.9 Å². The summed E-state index contributed by atoms with van der Waals surface area (Å²) < 4.78 is 23.9. The molecule has 4 rings (SSSR count). The second-order valence-electron chi connectivity index (χ2n) is 6.42. The lowest BCUT2D eigenvalue weighted by molar-refractivity contribution is 0.324. The van der Waals surface area contributed by atoms with Gasteiger partial charge in [0, 0.05) is 23.5 Å². The molecule has 0 aliphatic carbocycles. The van der Waals surface area contributed by atoms with Gasteiger partial charge in [-0.2, -0.15) is 0 Å². The van der Waals surface area contributed by atoms with Crippen LogP contribution in [0.5, 0.6) is 23.0 Å². The molecule has 0 N–H and O–H groups in total. The second-order valence-corrected chi connectivity index (χ2v) is 6.42. The summed E-state index contributed by atoms with van der Waals surface area (Å²) in [6.07, 6.45) is 4.01. The molecule has 6 heteroatoms. The summed E-state index contributed by atoms with van der Waals surface area (Å²) in [6, 6.07) is 15.7. The summed E-state index contributed by atoms with van der Waals surface area (Å²) in [5.41, 5.74) is 4.46. The normalized spacial score (nSPS) is 10.8. The SMILES string of the molecule is COc1cccc(-c2cn3cccc3c(-c3cc(OC)c(OC)c(OC)c3)n2)c1. The molecule has 0 amide bonds. The van der Waals surface area contributed by atoms with Crippen LogP contribution in [0, 0.1) is 0 Å². The molecule has 2 heterocycles. The lowest BCUT2D eigenvalue weighted by Gasteiger charge is -2.15. The Morgan fingerprint density at radius 2 is 1.52 bits per heavy atom. The summed E-state index contributed by atoms with van der Waals surface area (Å²) in [6.45, 7) is 0. The molecule has 2 aromatic carbocycles. The van der Waals surface area contributed by atoms with Crippen molar-refractivity contribution in [2.75, 3.05) is 28.4 Å². The van der Waals surface area contributed by atoms with E-state index in [2.05, 4.69) is 4.40 Å². The Morgan fingerprint density at radius 1 is 0.759 bits per heavy atom. The fraction of sp³-hybridized carbons (Fsp3) is 0.174. The van der Waals surface area contributed by atoms with Crippen LogP contribution in [0.1, 0.15) is 0 Å². The molecule has 0 fully saturated rings. The van der Waals surface area contributed by atoms with E-state index in [9.17, 15) is 0 Å². The van der Waals surface area contributed by atoms with Gasteiger partial charge >= 0.3 is 0 Å². The molecule has 0 saturated heterocycles. The van der Waals surface area contributed by atoms with E-state index in [0.29, 0.717) is 17.2 Å². The lowest BCUT2D eigenvalue weighted by atomic mass is 10.1. The van der Waals surface area contributed by atoms with Crippen LogP contribution in [-0.4, -0.2) is 37.8 Å². The molecule has 0 bridgehead atoms. The molecular formula is C23H22N2O4. The maximum atomic E-state index is 5.52. The summed E-state index contributed by atoms with van der Waals surface area (Å²) in [5, 5.41) is 0. The molecule has 0 radical (unpaired) electrons. The molecule has 148 valence electrons. The van der Waals surface area contributed by atoms with Gasteiger partial charge in [0.25, 0.3) is 0 Å². The zero-order chi connectivity index (χ0) is 20.4. The highest BCUT2D eigenvalue weighted by Gasteiger charge is 2.17. The summed E-state index contributed by atoms with van der Waals surface area (Å²) in [5.74, 6) is 2.50. The highest BCUT2D eigenvalue weighted by Crippen LogP contribution is 2.42. The van der Waals surface area contributed by atoms with Crippen molar-refractivity contribution < 1.29 is 18.9 Å². The van der Waals surface area contributed by atoms with Crippen molar-refractivity contribution in [1.82, 2.24) is 9.38 Å². The van der Waals surface area contributed by atoms with E-state index in [0.717, 1.165) is 33.8 Å². The molecule has 6 nitrogen and oxygen atoms in total. The number of fused-ring (bicyclic) bond motifs is 1. The number of methoxy groups -OCH3 is 4. The van der Waals surface area contributed by atoms with Crippen LogP contribution in [0.3, 0.4) is 0 Å². The topological polar surface area (TPSA) is 54.2 Å². The van der Waals surface area contributed by atoms with E-state index in [-0.39, 0.29) is 0 Å². The quantitative estimate of drug-likeness (QED) is 0.478. The summed E-state index contributed by atoms with van der Waals surface area (Å²) >= 11 is 0. The molecular weight excluding hydrogens is 368 g/mol. The average Bonchev–Trinajstić information content (AvgIpc) is 3.26. The van der Waals surface area contributed by atoms with Crippen LogP contribution in [0.2, 0.25) is 0 Å². The van der Waals surface area contributed by atoms with Gasteiger partial charge in [0.1, 0.15) is 5.75 Å². The van der Waals surface area contributed by atoms with Crippen molar-refractivity contribution in [1.29, 1.82) is 0 Å². The maximum Gasteiger partial charge on any atom is 0.203 e. The number of nitrogens with zero attached hydrogens (tertiary/aromatic N) is 2. The first-order valence-electron chi connectivity index (χ1n) is 9.11. The monoisotopic (exact) mass is 390 g/mol. The highest BCUT2D eigenvalue weighted by atomic mass is 16.5. The van der Waals surface area contributed by atoms with Gasteiger partial charge in [-0.25, -0.2) is 4.98 Å². The van der Waals surface area contributed by atoms with Gasteiger partial charge in [-0.3, -0.25) is 0 Å². The molecule has 0 saturated carbocycles. The Labute approximate surface area is 169 Å². The van der Waals surface area contributed by atoms with Crippen LogP contribution in [-0.2, 0) is 0 Å². The predicted octanol–water partition coefficient (Wildman–Crippen LogP) is 4.70. The van der Waals surface area contributed by atoms with Gasteiger partial charge in [-0.15, -0.1) is 0 Å². The van der Waals surface area contributed by atoms with Crippen LogP contribution >= 0.6 is 0 Å². The van der Waals surface area contributed by atoms with Gasteiger partial charge in [0.15, 0.2) is 11.5 Å². The third kappa shape index (κ3) is 3.33. The van der Waals surface area contributed by atoms with Crippen molar-refractivity contribution in [3.05, 3.63) is 60.9 Å². The predicted molar refractivity (Wildman–Crippen MR) is 112 cm³/mol. The first-order valence-corrected chi connectivity index (χ1v) is 9.11. The largest absolute Gasteiger partial charge is 0.497 e. The minimum atomic E-state index is 0.550. The lowest BCUT2D eigenvalue weighted by Crippen LogP contribution is -1.98. The van der Waals surface area contributed by atoms with E-state index in [4.69, 9.17) is 23.9 Å². The zero-order valence-electron chi connectivity index (χ0n) is 16.8. The Kier molecular flexibility index (Phi) is 4.99. The van der Waals surface area contributed by atoms with Crippen LogP contribution in [0.4, 0.5) is 0 Å². The standard InChI is InChI=1S/C23H22N2O4/c1-26-17-8-5-7-15(11-17)18-14-25-10-6-9-19(25)22(24-18)16-12-20(27-2)23(29-4)21(13-16)28-3/h5-14H,1-4H3. The first kappa shape index (κ1) is 18.7. The Hall–Kier alpha value is -3.67. The van der Waals surface area contributed by atoms with E-state index in [1.807, 2.05) is 60.9 Å². The number of rotatable bonds is 6. The molecule has 29 heavy (non-hydrogen) atoms. The first-order chi connectivity index (χ1) is 14.2. The van der Waals surface area contributed by atoms with Crippen molar-refractivity contribution >= 4 is 5.52 Å². The van der Waals surface area contributed by atoms with E-state index in [1.165, 1.54) is 0 Å². The number of aromatic nitrogens is 2. The van der Waals surface area contributed by atoms with Gasteiger partial charge in [-0.05, 0) is 36.4 Å². The molecule has 2 aromatic heterocycles. The zero-order valence-corrected chi connectivity index (χ0v) is 16.8. The fourth-order valence-electron chi connectivity index (χ4n) is 3.40. The van der Waals surface area contributed by atoms with Crippen molar-refractivity contribution in [3.63, 3.8) is 0 Å². The van der Waals surface area contributed by atoms with Crippen molar-refractivity contribution in [2.45, 2.75) is 0 Å². The third-order valence-corrected chi connectivity index (χ3v) is 4.82. The van der Waals surface area contributed by atoms with Gasteiger partial charge in [0.2, 0.25) is 5.75 Å². The highest BCUT2D eigenvalue weighted by molar-refractivity contribution is 5.82. The summed E-state index contributed by atoms with van der Waals surface area (Å²) in [4.78, 5) is 4.97. The molecule has 0 aliphatic rings. The summed E-state index contributed by atoms with van der Waals surface area (Å²) in [7, 11) is 6.46. The Bertz CT molecular complexity index is 1140. The number of benzene rings is 2. The number of ether oxygens (including phenoxy) is 4. The number of hydrogen-bond acceptors (Lipinski definition) is 5. The average molecular weight is 390 g/mol. The number of hydrogen-bond donors (Lipinski definition) is 0. The van der Waals surface area contributed by atoms with E-state index < -0.39 is 0 Å². The minimum Gasteiger partial charge on any atom is -0.497 e. The molecule has 0 atom stereocenters. The van der Waals surface area contributed by atoms with Crippen LogP contribution in [0.15, 0.2) is 60.9 Å². The van der Waals surface area contributed by atoms with E-state index in [1.54, 1.807) is 28.4 Å². The smallest absolute Gasteiger partial charge is 0.203 e. The molecule has 0 spiro atoms. The molecule has 0 unspecified atom stereocenters. The second kappa shape index (κ2) is 7.75. The van der Waals surface area contributed by atoms with Gasteiger partial charge < -0.3 is 23.3 Å². The van der Waals surface area contributed by atoms with Gasteiger partial charge in [0.05, 0.1) is 45.3 Å². The van der Waals surface area contributed by atoms with Crippen molar-refractivity contribution in [2.24, 2.45) is 0 Å². The Morgan fingerprint density at radius 3 is 2.17 bits per heavy atom. The minimum absolute atomic E-state index is 0.550. The maximum absolute atomic E-state index is 5.52. The van der Waals surface area contributed by atoms with Gasteiger partial charge in [-0.1, -0.05) is 12.1 Å². The van der Waals surface area contributed by atoms with Crippen molar-refractivity contribution in [3.8, 4) is 45.5 Å².